The van der Waals surface area contributed by atoms with E-state index in [0.717, 1.165) is 38.4 Å². The Bertz CT molecular complexity index is 1700. The van der Waals surface area contributed by atoms with Gasteiger partial charge in [0.2, 0.25) is 15.9 Å². The van der Waals surface area contributed by atoms with E-state index in [1.54, 1.807) is 24.3 Å². The van der Waals surface area contributed by atoms with Gasteiger partial charge in [-0.05, 0) is 67.4 Å². The van der Waals surface area contributed by atoms with Gasteiger partial charge in [-0.2, -0.15) is 4.31 Å². The molecule has 1 N–H and O–H groups in total. The molecule has 0 aliphatic rings. The van der Waals surface area contributed by atoms with Crippen LogP contribution in [0, 0.1) is 0 Å². The summed E-state index contributed by atoms with van der Waals surface area (Å²) in [7, 11) is -3.89. The lowest BCUT2D eigenvalue weighted by Crippen LogP contribution is -2.39. The summed E-state index contributed by atoms with van der Waals surface area (Å²) in [6.07, 6.45) is 0.492. The highest BCUT2D eigenvalue weighted by Crippen LogP contribution is 2.31. The van der Waals surface area contributed by atoms with Gasteiger partial charge in [0, 0.05) is 45.1 Å². The number of nitrogens with one attached hydrogen (secondary N) is 1. The Morgan fingerprint density at radius 3 is 2.29 bits per heavy atom. The van der Waals surface area contributed by atoms with Crippen molar-refractivity contribution in [3.05, 3.63) is 107 Å². The summed E-state index contributed by atoms with van der Waals surface area (Å²) in [6, 6.07) is 30.1. The molecule has 1 amide bonds. The van der Waals surface area contributed by atoms with E-state index >= 15 is 0 Å². The first-order valence-electron chi connectivity index (χ1n) is 12.5. The molecular weight excluding hydrogens is 562 g/mol. The average molecular weight is 591 g/mol. The zero-order valence-electron chi connectivity index (χ0n) is 21.0. The van der Waals surface area contributed by atoms with Gasteiger partial charge in [-0.15, -0.1) is 0 Å². The lowest BCUT2D eigenvalue weighted by atomic mass is 10.1. The van der Waals surface area contributed by atoms with Crippen LogP contribution in [0.25, 0.3) is 21.8 Å². The molecule has 194 valence electrons. The van der Waals surface area contributed by atoms with Crippen LogP contribution in [0.5, 0.6) is 0 Å². The van der Waals surface area contributed by atoms with Gasteiger partial charge in [0.05, 0.1) is 11.4 Å². The molecule has 0 aliphatic carbocycles. The molecule has 0 fully saturated rings. The first kappa shape index (κ1) is 26.2. The van der Waals surface area contributed by atoms with Crippen molar-refractivity contribution in [2.75, 3.05) is 18.4 Å². The van der Waals surface area contributed by atoms with Crippen LogP contribution >= 0.6 is 15.9 Å². The molecule has 6 nitrogen and oxygen atoms in total. The number of hydrogen-bond donors (Lipinski definition) is 1. The Kier molecular flexibility index (Phi) is 7.65. The van der Waals surface area contributed by atoms with E-state index < -0.39 is 15.9 Å². The van der Waals surface area contributed by atoms with Crippen molar-refractivity contribution in [2.45, 2.75) is 24.8 Å². The third-order valence-corrected chi connectivity index (χ3v) is 9.02. The van der Waals surface area contributed by atoms with Gasteiger partial charge >= 0.3 is 0 Å². The molecular formula is C30H28BrN3O3S. The largest absolute Gasteiger partial charge is 0.341 e. The number of sulfonamides is 1. The highest BCUT2D eigenvalue weighted by Gasteiger charge is 2.26. The summed E-state index contributed by atoms with van der Waals surface area (Å²) in [5.41, 5.74) is 3.86. The lowest BCUT2D eigenvalue weighted by Gasteiger charge is -2.22. The van der Waals surface area contributed by atoms with E-state index in [1.165, 1.54) is 4.31 Å². The molecule has 0 aliphatic heterocycles. The third kappa shape index (κ3) is 5.38. The quantitative estimate of drug-likeness (QED) is 0.215. The maximum atomic E-state index is 13.5. The summed E-state index contributed by atoms with van der Waals surface area (Å²) in [4.78, 5) is 13.3. The predicted molar refractivity (Wildman–Crippen MR) is 157 cm³/mol. The highest BCUT2D eigenvalue weighted by molar-refractivity contribution is 9.10. The predicted octanol–water partition coefficient (Wildman–Crippen LogP) is 6.45. The SMILES string of the molecule is CCn1c2ccccc2c2cc(NC(=O)CN(CCc3ccccc3)S(=O)(=O)c3ccc(Br)cc3)ccc21. The second-order valence-corrected chi connectivity index (χ2v) is 11.9. The fourth-order valence-electron chi connectivity index (χ4n) is 4.77. The standard InChI is InChI=1S/C30H28BrN3O3S/c1-2-34-28-11-7-6-10-26(28)27-20-24(14-17-29(27)34)32-30(35)21-33(19-18-22-8-4-3-5-9-22)38(36,37)25-15-12-23(31)13-16-25/h3-17,20H,2,18-19,21H2,1H3,(H,32,35). The van der Waals surface area contributed by atoms with Gasteiger partial charge in [0.1, 0.15) is 0 Å². The van der Waals surface area contributed by atoms with Crippen LogP contribution in [0.3, 0.4) is 0 Å². The number of nitrogens with zero attached hydrogens (tertiary/aromatic N) is 2. The second kappa shape index (κ2) is 11.1. The van der Waals surface area contributed by atoms with Crippen LogP contribution in [0.4, 0.5) is 5.69 Å². The van der Waals surface area contributed by atoms with Crippen LogP contribution in [0.15, 0.2) is 106 Å². The maximum Gasteiger partial charge on any atom is 0.243 e. The number of halogens is 1. The van der Waals surface area contributed by atoms with Gasteiger partial charge < -0.3 is 9.88 Å². The molecule has 1 aromatic heterocycles. The van der Waals surface area contributed by atoms with E-state index in [9.17, 15) is 13.2 Å². The van der Waals surface area contributed by atoms with Crippen molar-refractivity contribution in [1.29, 1.82) is 0 Å². The van der Waals surface area contributed by atoms with Gasteiger partial charge in [-0.3, -0.25) is 4.79 Å². The minimum atomic E-state index is -3.89. The minimum absolute atomic E-state index is 0.148. The van der Waals surface area contributed by atoms with Crippen LogP contribution in [0.2, 0.25) is 0 Å². The molecule has 0 saturated heterocycles. The van der Waals surface area contributed by atoms with Crippen LogP contribution in [-0.4, -0.2) is 36.3 Å². The number of amides is 1. The molecule has 0 radical (unpaired) electrons. The van der Waals surface area contributed by atoms with Crippen LogP contribution in [-0.2, 0) is 27.8 Å². The molecule has 4 aromatic carbocycles. The number of fused-ring (bicyclic) bond motifs is 3. The summed E-state index contributed by atoms with van der Waals surface area (Å²) in [5.74, 6) is -0.391. The first-order chi connectivity index (χ1) is 18.4. The van der Waals surface area contributed by atoms with Crippen molar-refractivity contribution in [1.82, 2.24) is 8.87 Å². The summed E-state index contributed by atoms with van der Waals surface area (Å²) >= 11 is 3.35. The van der Waals surface area contributed by atoms with E-state index in [0.29, 0.717) is 12.1 Å². The van der Waals surface area contributed by atoms with Crippen molar-refractivity contribution in [3.63, 3.8) is 0 Å². The zero-order chi connectivity index (χ0) is 26.7. The smallest absolute Gasteiger partial charge is 0.243 e. The van der Waals surface area contributed by atoms with E-state index in [4.69, 9.17) is 0 Å². The van der Waals surface area contributed by atoms with Gasteiger partial charge in [-0.25, -0.2) is 8.42 Å². The zero-order valence-corrected chi connectivity index (χ0v) is 23.4. The van der Waals surface area contributed by atoms with Crippen molar-refractivity contribution in [3.8, 4) is 0 Å². The molecule has 38 heavy (non-hydrogen) atoms. The number of carbonyl (C=O) groups is 1. The highest BCUT2D eigenvalue weighted by atomic mass is 79.9. The molecule has 0 spiro atoms. The Hall–Kier alpha value is -3.46. The molecule has 1 heterocycles. The number of aromatic nitrogens is 1. The number of hydrogen-bond acceptors (Lipinski definition) is 3. The van der Waals surface area contributed by atoms with E-state index in [-0.39, 0.29) is 18.0 Å². The average Bonchev–Trinajstić information content (AvgIpc) is 3.24. The number of anilines is 1. The van der Waals surface area contributed by atoms with Crippen LogP contribution in [0.1, 0.15) is 12.5 Å². The number of benzene rings is 4. The maximum absolute atomic E-state index is 13.5. The number of para-hydroxylation sites is 1. The number of rotatable bonds is 9. The first-order valence-corrected chi connectivity index (χ1v) is 14.7. The van der Waals surface area contributed by atoms with Gasteiger partial charge in [0.15, 0.2) is 0 Å². The molecule has 0 bridgehead atoms. The normalized spacial score (nSPS) is 11.9. The Morgan fingerprint density at radius 1 is 0.868 bits per heavy atom. The second-order valence-electron chi connectivity index (χ2n) is 9.07. The summed E-state index contributed by atoms with van der Waals surface area (Å²) in [6.45, 7) is 2.83. The molecule has 0 unspecified atom stereocenters. The summed E-state index contributed by atoms with van der Waals surface area (Å²) in [5, 5.41) is 5.08. The molecule has 0 atom stereocenters. The molecule has 8 heteroatoms. The Balaban J connectivity index is 1.41. The van der Waals surface area contributed by atoms with Crippen molar-refractivity contribution >= 4 is 59.4 Å². The third-order valence-electron chi connectivity index (χ3n) is 6.64. The molecule has 5 rings (SSSR count). The van der Waals surface area contributed by atoms with E-state index in [2.05, 4.69) is 44.9 Å². The van der Waals surface area contributed by atoms with Gasteiger partial charge in [0.25, 0.3) is 0 Å². The van der Waals surface area contributed by atoms with Crippen molar-refractivity contribution < 1.29 is 13.2 Å². The fourth-order valence-corrected chi connectivity index (χ4v) is 6.43. The molecule has 5 aromatic rings. The monoisotopic (exact) mass is 589 g/mol. The van der Waals surface area contributed by atoms with Gasteiger partial charge in [-0.1, -0.05) is 64.5 Å². The summed E-state index contributed by atoms with van der Waals surface area (Å²) < 4.78 is 31.4. The topological polar surface area (TPSA) is 71.4 Å². The number of carbonyl (C=O) groups excluding carboxylic acids is 1. The van der Waals surface area contributed by atoms with E-state index in [1.807, 2.05) is 60.7 Å². The Labute approximate surface area is 231 Å². The van der Waals surface area contributed by atoms with Crippen molar-refractivity contribution in [2.24, 2.45) is 0 Å². The van der Waals surface area contributed by atoms with Crippen LogP contribution < -0.4 is 5.32 Å². The fraction of sp³-hybridized carbons (Fsp3) is 0.167. The number of aryl methyl sites for hydroxylation is 1. The lowest BCUT2D eigenvalue weighted by molar-refractivity contribution is -0.116. The minimum Gasteiger partial charge on any atom is -0.341 e. The molecule has 0 saturated carbocycles. The Morgan fingerprint density at radius 2 is 1.55 bits per heavy atom.